The molecule has 0 unspecified atom stereocenters. The number of nitrogens with one attached hydrogen (secondary N) is 1. The van der Waals surface area contributed by atoms with Gasteiger partial charge in [0.25, 0.3) is 0 Å². The Morgan fingerprint density at radius 1 is 0.463 bits per heavy atom. The second-order valence-electron chi connectivity index (χ2n) is 30.8. The van der Waals surface area contributed by atoms with Crippen LogP contribution >= 0.6 is 23.5 Å². The van der Waals surface area contributed by atoms with Crippen molar-refractivity contribution in [1.29, 1.82) is 0 Å². The van der Waals surface area contributed by atoms with Crippen molar-refractivity contribution in [2.75, 3.05) is 7.15 Å². The van der Waals surface area contributed by atoms with Crippen LogP contribution in [0.15, 0.2) is 177 Å². The molecule has 108 heavy (non-hydrogen) atoms. The number of unbranched alkanes of at least 4 members (excludes halogenated alkanes) is 2. The molecule has 15 nitrogen and oxygen atoms in total. The lowest BCUT2D eigenvalue weighted by Crippen LogP contribution is -2.63. The number of carboxylic acids is 3. The molecule has 3 amide bonds. The highest BCUT2D eigenvalue weighted by molar-refractivity contribution is 8.02. The lowest BCUT2D eigenvalue weighted by atomic mass is 9.86. The zero-order valence-electron chi connectivity index (χ0n) is 68.2. The molecule has 4 heterocycles. The van der Waals surface area contributed by atoms with E-state index in [9.17, 15) is 53.0 Å². The summed E-state index contributed by atoms with van der Waals surface area (Å²) in [6, 6.07) is 14.7. The predicted octanol–water partition coefficient (Wildman–Crippen LogP) is 21.6. The number of nitrogens with two attached hydrogens (primary N) is 1. The third-order valence-corrected chi connectivity index (χ3v) is 23.0. The Morgan fingerprint density at radius 2 is 0.750 bits per heavy atom. The molecule has 4 saturated heterocycles. The fraction of sp³-hybridized carbons (Fsp3) is 0.556. The third kappa shape index (κ3) is 33.8. The van der Waals surface area contributed by atoms with Gasteiger partial charge in [0, 0.05) is 35.2 Å². The topological polar surface area (TPSA) is 242 Å². The Bertz CT molecular complexity index is 3610. The highest BCUT2D eigenvalue weighted by Gasteiger charge is 2.65. The summed E-state index contributed by atoms with van der Waals surface area (Å²) in [6.45, 7) is 33.3. The summed E-state index contributed by atoms with van der Waals surface area (Å²) < 4.78 is 14.3. The molecule has 0 aliphatic carbocycles. The fourth-order valence-corrected chi connectivity index (χ4v) is 16.8. The molecule has 2 aromatic rings. The van der Waals surface area contributed by atoms with Crippen LogP contribution in [-0.4, -0.2) is 112 Å². The average molecular weight is 1530 g/mol. The number of ketones is 2. The van der Waals surface area contributed by atoms with E-state index >= 15 is 0 Å². The van der Waals surface area contributed by atoms with Gasteiger partial charge in [-0.15, -0.1) is 23.5 Å². The predicted molar refractivity (Wildman–Crippen MR) is 447 cm³/mol. The first-order valence-electron chi connectivity index (χ1n) is 38.9. The number of amides is 3. The molecule has 0 saturated carbocycles. The summed E-state index contributed by atoms with van der Waals surface area (Å²) in [5, 5.41) is 30.2. The van der Waals surface area contributed by atoms with E-state index in [1.807, 2.05) is 77.9 Å². The second-order valence-corrected chi connectivity index (χ2v) is 34.3. The van der Waals surface area contributed by atoms with Crippen molar-refractivity contribution in [1.82, 2.24) is 15.1 Å². The molecule has 2 aromatic carbocycles. The summed E-state index contributed by atoms with van der Waals surface area (Å²) in [4.78, 5) is 101. The number of fused-ring (bicyclic) bond motifs is 2. The van der Waals surface area contributed by atoms with Crippen LogP contribution in [0.1, 0.15) is 284 Å². The number of Topliss-reactive ketones (excluding diaryl/α,β-unsaturated/α-hetero) is 2. The van der Waals surface area contributed by atoms with Crippen LogP contribution in [0, 0.1) is 11.8 Å². The molecule has 6 N–H and O–H groups in total. The van der Waals surface area contributed by atoms with E-state index in [1.165, 1.54) is 89.9 Å². The number of alkyl halides is 1. The van der Waals surface area contributed by atoms with Gasteiger partial charge in [-0.3, -0.25) is 33.2 Å². The van der Waals surface area contributed by atoms with E-state index in [1.54, 1.807) is 24.3 Å². The summed E-state index contributed by atoms with van der Waals surface area (Å²) in [5.74, 6) is -5.08. The summed E-state index contributed by atoms with van der Waals surface area (Å²) in [5.41, 5.74) is 21.2. The van der Waals surface area contributed by atoms with Gasteiger partial charge in [0.2, 0.25) is 17.7 Å². The van der Waals surface area contributed by atoms with Crippen LogP contribution in [-0.2, 0) is 38.4 Å². The van der Waals surface area contributed by atoms with Crippen LogP contribution in [0.2, 0.25) is 0 Å². The molecule has 4 aliphatic heterocycles. The van der Waals surface area contributed by atoms with E-state index < -0.39 is 70.6 Å². The number of aliphatic carboxylic acids is 3. The molecule has 4 fully saturated rings. The van der Waals surface area contributed by atoms with Gasteiger partial charge in [0.1, 0.15) is 18.1 Å². The quantitative estimate of drug-likeness (QED) is 0.0236. The standard InChI is InChI=1S/C44H62N2O5S.C27H44O2.C17H20N2O4S.CH3F.CH4/c1-30(2)17-14-20-33(5)23-15-21-31(3)18-12-13-19-32(4)22-16-24-34(6)27-28-38(48)45-39(35-25-10-9-11-26-35)37(47)29-36-41(49)46-40(43(50)51)44(7,8)52-42(36)46;1-22(2)12-9-15-25(5)18-10-16-23(3)13-7-8-14-24(4)17-11-19-26(6)20-21-27(28)29;1-17(2)13(16(22)23)19-14(21)10(15(19)24-17)8-11(20)12(18)9-6-4-3-5-7-9;1-2;/h9-11,17-19,23-26,36,39-40,42H,12-16,20-22,27-29H2,1-8H3,(H,45,48)(H,50,51);12-14,18-19H,7-11,15-17,20-21H2,1-6H3,(H,28,29);3-7,10,12-13,15H,8,18H2,1-2H3,(H,22,23);1H3;1H4/b31-18+,32-19+,33-23+,34-24+;23-13+,24-14+,25-18+,26-19+;;;/t36-,39+,40+,42-;;10-,12+,13+,15-;;/m1.1../s1/i;;;1D;. The minimum absolute atomic E-state index is 0. The van der Waals surface area contributed by atoms with Gasteiger partial charge in [-0.2, -0.15) is 0 Å². The van der Waals surface area contributed by atoms with Gasteiger partial charge in [0.15, 0.2) is 11.6 Å². The monoisotopic (exact) mass is 1530 g/mol. The van der Waals surface area contributed by atoms with Gasteiger partial charge >= 0.3 is 17.9 Å². The van der Waals surface area contributed by atoms with Crippen LogP contribution in [0.3, 0.4) is 0 Å². The number of carboxylic acid groups (broad SMARTS) is 3. The highest BCUT2D eigenvalue weighted by Crippen LogP contribution is 2.55. The zero-order valence-corrected chi connectivity index (χ0v) is 68.8. The van der Waals surface area contributed by atoms with Gasteiger partial charge in [-0.05, 0) is 237 Å². The van der Waals surface area contributed by atoms with Gasteiger partial charge in [-0.1, -0.05) is 185 Å². The lowest BCUT2D eigenvalue weighted by molar-refractivity contribution is -0.164. The first kappa shape index (κ1) is 94.8. The van der Waals surface area contributed by atoms with Gasteiger partial charge in [0.05, 0.1) is 37.1 Å². The van der Waals surface area contributed by atoms with Crippen LogP contribution in [0.4, 0.5) is 4.39 Å². The molecule has 0 spiro atoms. The number of hydrogen-bond donors (Lipinski definition) is 5. The number of β-lactam (4-membered cyclic amide) rings is 2. The Morgan fingerprint density at radius 3 is 1.06 bits per heavy atom. The maximum atomic E-state index is 13.6. The zero-order chi connectivity index (χ0) is 80.8. The first-order valence-corrected chi connectivity index (χ1v) is 40.0. The van der Waals surface area contributed by atoms with Crippen molar-refractivity contribution >= 4 is 70.7 Å². The minimum atomic E-state index is -1.03. The number of hydrogen-bond acceptors (Lipinski definition) is 11. The van der Waals surface area contributed by atoms with Crippen molar-refractivity contribution < 1.29 is 59.4 Å². The molecule has 598 valence electrons. The van der Waals surface area contributed by atoms with Crippen molar-refractivity contribution in [2.24, 2.45) is 17.6 Å². The summed E-state index contributed by atoms with van der Waals surface area (Å²) in [6.07, 6.45) is 42.3. The van der Waals surface area contributed by atoms with Crippen molar-refractivity contribution in [3.05, 3.63) is 188 Å². The molecule has 0 bridgehead atoms. The number of rotatable bonds is 41. The molecule has 0 aromatic heterocycles. The number of carbonyl (C=O) groups is 8. The van der Waals surface area contributed by atoms with Crippen LogP contribution in [0.25, 0.3) is 0 Å². The average Bonchev–Trinajstić information content (AvgIpc) is 1.58. The second kappa shape index (κ2) is 49.7. The maximum Gasteiger partial charge on any atom is 0.327 e. The molecule has 0 radical (unpaired) electrons. The Hall–Kier alpha value is -7.41. The fourth-order valence-electron chi connectivity index (χ4n) is 13.4. The number of carbonyl (C=O) groups excluding carboxylic acids is 5. The number of benzene rings is 2. The Balaban J connectivity index is 0.000000595. The summed E-state index contributed by atoms with van der Waals surface area (Å²) in [7, 11) is -1.00. The van der Waals surface area contributed by atoms with Gasteiger partial charge in [-0.25, -0.2) is 9.59 Å². The van der Waals surface area contributed by atoms with E-state index in [4.69, 9.17) is 12.2 Å². The van der Waals surface area contributed by atoms with Gasteiger partial charge < -0.3 is 36.2 Å². The van der Waals surface area contributed by atoms with E-state index in [0.29, 0.717) is 24.0 Å². The number of thioether (sulfide) groups is 2. The third-order valence-electron chi connectivity index (χ3n) is 19.8. The van der Waals surface area contributed by atoms with E-state index in [2.05, 4.69) is 135 Å². The molecule has 4 aliphatic rings. The first-order chi connectivity index (χ1) is 51.0. The molecule has 6 rings (SSSR count). The summed E-state index contributed by atoms with van der Waals surface area (Å²) >= 11 is 2.88. The number of halogens is 1. The number of nitrogens with zero attached hydrogens (tertiary/aromatic N) is 2. The Kier molecular flexibility index (Phi) is 43.6. The molecular formula is C90H133FN4O11S2. The van der Waals surface area contributed by atoms with Crippen LogP contribution in [0.5, 0.6) is 0 Å². The molecular weight excluding hydrogens is 1400 g/mol. The van der Waals surface area contributed by atoms with Crippen LogP contribution < -0.4 is 11.1 Å². The van der Waals surface area contributed by atoms with Crippen molar-refractivity contribution in [3.63, 3.8) is 0 Å². The Labute approximate surface area is 658 Å². The lowest BCUT2D eigenvalue weighted by Gasteiger charge is -2.43. The van der Waals surface area contributed by atoms with E-state index in [0.717, 1.165) is 102 Å². The highest BCUT2D eigenvalue weighted by atomic mass is 32.2. The molecule has 18 heteroatoms. The normalized spacial score (nSPS) is 20.3. The van der Waals surface area contributed by atoms with Crippen molar-refractivity contribution in [2.45, 2.75) is 304 Å². The minimum Gasteiger partial charge on any atom is -0.481 e. The van der Waals surface area contributed by atoms with Crippen molar-refractivity contribution in [3.8, 4) is 0 Å². The maximum absolute atomic E-state index is 13.6. The largest absolute Gasteiger partial charge is 0.481 e. The molecule has 8 atom stereocenters. The smallest absolute Gasteiger partial charge is 0.327 e. The number of allylic oxidation sites excluding steroid dienone is 20. The van der Waals surface area contributed by atoms with E-state index in [-0.39, 0.29) is 73.1 Å². The SMILES string of the molecule is C.CC(C)=CCC/C(C)=C/CC/C(C)=C/CC/C=C(\C)CC/C=C(\C)CCC(=O)N[C@H](C(=O)C[C@@H]1C(=O)N2[C@@H]1SC(C)(C)[C@@H]2C(=O)O)c1ccccc1.CC(C)=CCC/C(C)=C/CC/C(C)=C/CC/C=C(\C)CC/C=C(\C)CCC(=O)O.CC1(C)S[C@@H]2[C@H](CC(=O)[C@@H](N)c3ccccc3)C(=O)N2[C@H]1C(=O)O.[2H]CF.